The molecule has 0 aliphatic rings. The van der Waals surface area contributed by atoms with Crippen molar-refractivity contribution in [3.63, 3.8) is 0 Å². The molecule has 0 radical (unpaired) electrons. The first-order valence-corrected chi connectivity index (χ1v) is 5.76. The van der Waals surface area contributed by atoms with E-state index in [9.17, 15) is 18.9 Å². The Balaban J connectivity index is 2.73. The van der Waals surface area contributed by atoms with Crippen LogP contribution in [-0.2, 0) is 5.54 Å². The quantitative estimate of drug-likeness (QED) is 0.627. The lowest BCUT2D eigenvalue weighted by molar-refractivity contribution is -0.384. The molecule has 20 heavy (non-hydrogen) atoms. The summed E-state index contributed by atoms with van der Waals surface area (Å²) in [4.78, 5) is 10.2. The van der Waals surface area contributed by atoms with E-state index in [4.69, 9.17) is 0 Å². The van der Waals surface area contributed by atoms with E-state index in [2.05, 4.69) is 10.2 Å². The maximum atomic E-state index is 13.4. The first-order chi connectivity index (χ1) is 9.21. The van der Waals surface area contributed by atoms with E-state index in [-0.39, 0.29) is 11.4 Å². The monoisotopic (exact) mass is 282 g/mol. The Labute approximate surface area is 113 Å². The van der Waals surface area contributed by atoms with Crippen LogP contribution in [0.2, 0.25) is 0 Å². The van der Waals surface area contributed by atoms with Crippen LogP contribution in [0.25, 0.3) is 11.4 Å². The van der Waals surface area contributed by atoms with Gasteiger partial charge in [0.2, 0.25) is 0 Å². The molecule has 1 aromatic carbocycles. The molecule has 0 unspecified atom stereocenters. The molecular weight excluding hydrogens is 270 g/mol. The summed E-state index contributed by atoms with van der Waals surface area (Å²) in [7, 11) is 0. The average molecular weight is 282 g/mol. The molecule has 8 heteroatoms. The molecule has 0 saturated carbocycles. The van der Waals surface area contributed by atoms with Crippen LogP contribution in [0.5, 0.6) is 0 Å². The molecule has 2 rings (SSSR count). The minimum absolute atomic E-state index is 0.110. The Morgan fingerprint density at radius 1 is 1.25 bits per heavy atom. The number of nitro benzene ring substituents is 1. The van der Waals surface area contributed by atoms with Crippen LogP contribution in [-0.4, -0.2) is 19.7 Å². The molecule has 0 aliphatic carbocycles. The standard InChI is InChI=1S/C12H12F2N4O2/c1-12(2,3)17-6-15-16-11(17)7-4-8(13)9(14)5-10(7)18(19)20/h4-6H,1-3H3. The predicted octanol–water partition coefficient (Wildman–Crippen LogP) is 2.89. The molecule has 0 spiro atoms. The van der Waals surface area contributed by atoms with Crippen molar-refractivity contribution in [2.75, 3.05) is 0 Å². The van der Waals surface area contributed by atoms with E-state index in [1.165, 1.54) is 6.33 Å². The largest absolute Gasteiger partial charge is 0.308 e. The number of hydrogen-bond acceptors (Lipinski definition) is 4. The number of nitro groups is 1. The molecule has 0 aliphatic heterocycles. The van der Waals surface area contributed by atoms with Crippen molar-refractivity contribution < 1.29 is 13.7 Å². The first kappa shape index (κ1) is 14.0. The number of aromatic nitrogens is 3. The van der Waals surface area contributed by atoms with Gasteiger partial charge in [0.1, 0.15) is 11.9 Å². The molecule has 6 nitrogen and oxygen atoms in total. The summed E-state index contributed by atoms with van der Waals surface area (Å²) in [5.74, 6) is -2.33. The second-order valence-electron chi connectivity index (χ2n) is 5.24. The second kappa shape index (κ2) is 4.62. The van der Waals surface area contributed by atoms with Crippen molar-refractivity contribution in [3.05, 3.63) is 40.2 Å². The molecule has 1 heterocycles. The van der Waals surface area contributed by atoms with Crippen LogP contribution >= 0.6 is 0 Å². The normalized spacial score (nSPS) is 11.7. The highest BCUT2D eigenvalue weighted by molar-refractivity contribution is 5.68. The van der Waals surface area contributed by atoms with Gasteiger partial charge in [-0.1, -0.05) is 0 Å². The van der Waals surface area contributed by atoms with Crippen LogP contribution in [0.3, 0.4) is 0 Å². The summed E-state index contributed by atoms with van der Waals surface area (Å²) in [6.45, 7) is 5.52. The van der Waals surface area contributed by atoms with Crippen molar-refractivity contribution in [3.8, 4) is 11.4 Å². The molecule has 0 fully saturated rings. The molecule has 106 valence electrons. The topological polar surface area (TPSA) is 73.8 Å². The van der Waals surface area contributed by atoms with Crippen molar-refractivity contribution in [1.82, 2.24) is 14.8 Å². The lowest BCUT2D eigenvalue weighted by atomic mass is 10.1. The smallest absolute Gasteiger partial charge is 0.283 e. The number of hydrogen-bond donors (Lipinski definition) is 0. The lowest BCUT2D eigenvalue weighted by Crippen LogP contribution is -2.22. The first-order valence-electron chi connectivity index (χ1n) is 5.76. The van der Waals surface area contributed by atoms with Gasteiger partial charge in [-0.2, -0.15) is 0 Å². The van der Waals surface area contributed by atoms with Gasteiger partial charge in [0.25, 0.3) is 5.69 Å². The third-order valence-electron chi connectivity index (χ3n) is 2.75. The van der Waals surface area contributed by atoms with E-state index < -0.39 is 27.8 Å². The van der Waals surface area contributed by atoms with Gasteiger partial charge in [0.15, 0.2) is 17.5 Å². The second-order valence-corrected chi connectivity index (χ2v) is 5.24. The summed E-state index contributed by atoms with van der Waals surface area (Å²) < 4.78 is 28.1. The summed E-state index contributed by atoms with van der Waals surface area (Å²) in [5.41, 5.74) is -1.12. The summed E-state index contributed by atoms with van der Waals surface area (Å²) in [5, 5.41) is 18.5. The predicted molar refractivity (Wildman–Crippen MR) is 67.0 cm³/mol. The molecule has 0 N–H and O–H groups in total. The Bertz CT molecular complexity index is 677. The van der Waals surface area contributed by atoms with Crippen molar-refractivity contribution in [2.24, 2.45) is 0 Å². The maximum absolute atomic E-state index is 13.4. The SMILES string of the molecule is CC(C)(C)n1cnnc1-c1cc(F)c(F)cc1[N+](=O)[O-]. The fraction of sp³-hybridized carbons (Fsp3) is 0.333. The van der Waals surface area contributed by atoms with Crippen LogP contribution in [0.15, 0.2) is 18.5 Å². The van der Waals surface area contributed by atoms with Gasteiger partial charge in [-0.3, -0.25) is 10.1 Å². The fourth-order valence-electron chi connectivity index (χ4n) is 1.78. The van der Waals surface area contributed by atoms with Crippen LogP contribution < -0.4 is 0 Å². The Hall–Kier alpha value is -2.38. The third kappa shape index (κ3) is 2.36. The number of nitrogens with zero attached hydrogens (tertiary/aromatic N) is 4. The highest BCUT2D eigenvalue weighted by atomic mass is 19.2. The van der Waals surface area contributed by atoms with Crippen molar-refractivity contribution in [2.45, 2.75) is 26.3 Å². The van der Waals surface area contributed by atoms with Gasteiger partial charge in [-0.25, -0.2) is 8.78 Å². The Morgan fingerprint density at radius 2 is 1.85 bits per heavy atom. The molecule has 2 aromatic rings. The van der Waals surface area contributed by atoms with Gasteiger partial charge in [-0.05, 0) is 26.8 Å². The van der Waals surface area contributed by atoms with Gasteiger partial charge in [0.05, 0.1) is 11.0 Å². The highest BCUT2D eigenvalue weighted by Crippen LogP contribution is 2.32. The minimum atomic E-state index is -1.28. The van der Waals surface area contributed by atoms with Gasteiger partial charge >= 0.3 is 0 Å². The maximum Gasteiger partial charge on any atom is 0.283 e. The van der Waals surface area contributed by atoms with Gasteiger partial charge < -0.3 is 4.57 Å². The third-order valence-corrected chi connectivity index (χ3v) is 2.75. The molecule has 0 amide bonds. The van der Waals surface area contributed by atoms with Crippen LogP contribution in [0.1, 0.15) is 20.8 Å². The number of rotatable bonds is 2. The lowest BCUT2D eigenvalue weighted by Gasteiger charge is -2.22. The number of benzene rings is 1. The molecule has 1 aromatic heterocycles. The Morgan fingerprint density at radius 3 is 2.40 bits per heavy atom. The summed E-state index contributed by atoms with van der Waals surface area (Å²) in [6, 6.07) is 1.31. The van der Waals surface area contributed by atoms with Crippen LogP contribution in [0, 0.1) is 21.7 Å². The minimum Gasteiger partial charge on any atom is -0.308 e. The van der Waals surface area contributed by atoms with Crippen molar-refractivity contribution in [1.29, 1.82) is 0 Å². The van der Waals surface area contributed by atoms with E-state index >= 15 is 0 Å². The van der Waals surface area contributed by atoms with E-state index in [1.54, 1.807) is 4.57 Å². The van der Waals surface area contributed by atoms with Gasteiger partial charge in [-0.15, -0.1) is 10.2 Å². The average Bonchev–Trinajstić information content (AvgIpc) is 2.80. The van der Waals surface area contributed by atoms with E-state index in [1.807, 2.05) is 20.8 Å². The van der Waals surface area contributed by atoms with Crippen molar-refractivity contribution >= 4 is 5.69 Å². The Kier molecular flexibility index (Phi) is 3.24. The van der Waals surface area contributed by atoms with Crippen LogP contribution in [0.4, 0.5) is 14.5 Å². The zero-order valence-corrected chi connectivity index (χ0v) is 11.1. The highest BCUT2D eigenvalue weighted by Gasteiger charge is 2.26. The fourth-order valence-corrected chi connectivity index (χ4v) is 1.78. The number of halogens is 2. The summed E-state index contributed by atoms with van der Waals surface area (Å²) in [6.07, 6.45) is 1.39. The summed E-state index contributed by atoms with van der Waals surface area (Å²) >= 11 is 0. The molecule has 0 saturated heterocycles. The van der Waals surface area contributed by atoms with Gasteiger partial charge in [0, 0.05) is 5.54 Å². The molecular formula is C12H12F2N4O2. The zero-order chi connectivity index (χ0) is 15.1. The zero-order valence-electron chi connectivity index (χ0n) is 11.1. The molecule has 0 bridgehead atoms. The molecule has 0 atom stereocenters. The van der Waals surface area contributed by atoms with E-state index in [0.717, 1.165) is 6.07 Å². The van der Waals surface area contributed by atoms with E-state index in [0.29, 0.717) is 6.07 Å².